The maximum Gasteiger partial charge on any atom is 0.0568 e. The number of aliphatic hydroxyl groups is 1. The molecule has 0 aromatic heterocycles. The lowest BCUT2D eigenvalue weighted by Gasteiger charge is -2.33. The molecular formula is C13H22O. The first-order valence-electron chi connectivity index (χ1n) is 5.89. The van der Waals surface area contributed by atoms with Gasteiger partial charge in [0.05, 0.1) is 6.10 Å². The van der Waals surface area contributed by atoms with Gasteiger partial charge in [0.15, 0.2) is 0 Å². The Kier molecular flexibility index (Phi) is 5.04. The van der Waals surface area contributed by atoms with Gasteiger partial charge in [-0.05, 0) is 37.5 Å². The van der Waals surface area contributed by atoms with E-state index in [0.717, 1.165) is 25.2 Å². The Balaban J connectivity index is 2.35. The second kappa shape index (κ2) is 6.09. The van der Waals surface area contributed by atoms with Crippen LogP contribution in [0, 0.1) is 24.2 Å². The van der Waals surface area contributed by atoms with Gasteiger partial charge in [-0.1, -0.05) is 19.8 Å². The molecule has 1 rings (SSSR count). The Morgan fingerprint density at radius 3 is 2.79 bits per heavy atom. The van der Waals surface area contributed by atoms with Gasteiger partial charge in [-0.25, -0.2) is 0 Å². The van der Waals surface area contributed by atoms with Crippen LogP contribution in [0.1, 0.15) is 51.9 Å². The van der Waals surface area contributed by atoms with Crippen molar-refractivity contribution in [1.82, 2.24) is 0 Å². The van der Waals surface area contributed by atoms with Crippen molar-refractivity contribution in [1.29, 1.82) is 0 Å². The predicted octanol–water partition coefficient (Wildman–Crippen LogP) is 2.98. The lowest BCUT2D eigenvalue weighted by molar-refractivity contribution is 0.0426. The summed E-state index contributed by atoms with van der Waals surface area (Å²) in [7, 11) is 0. The van der Waals surface area contributed by atoms with Crippen LogP contribution in [0.3, 0.4) is 0 Å². The van der Waals surface area contributed by atoms with E-state index in [-0.39, 0.29) is 6.10 Å². The molecular weight excluding hydrogens is 172 g/mol. The van der Waals surface area contributed by atoms with Crippen molar-refractivity contribution >= 4 is 0 Å². The van der Waals surface area contributed by atoms with Crippen LogP contribution in [0.15, 0.2) is 0 Å². The molecule has 3 atom stereocenters. The van der Waals surface area contributed by atoms with E-state index in [1.165, 1.54) is 25.7 Å². The third kappa shape index (κ3) is 3.35. The fraction of sp³-hybridized carbons (Fsp3) is 0.846. The van der Waals surface area contributed by atoms with Gasteiger partial charge < -0.3 is 5.11 Å². The molecule has 80 valence electrons. The van der Waals surface area contributed by atoms with Crippen LogP contribution in [-0.2, 0) is 0 Å². The summed E-state index contributed by atoms with van der Waals surface area (Å²) in [5.41, 5.74) is 0. The monoisotopic (exact) mass is 194 g/mol. The number of hydrogen-bond donors (Lipinski definition) is 1. The molecule has 1 saturated carbocycles. The highest BCUT2D eigenvalue weighted by Gasteiger charge is 2.27. The first kappa shape index (κ1) is 11.6. The minimum atomic E-state index is -0.0866. The smallest absolute Gasteiger partial charge is 0.0568 e. The fourth-order valence-electron chi connectivity index (χ4n) is 2.59. The number of rotatable bonds is 4. The van der Waals surface area contributed by atoms with Gasteiger partial charge in [0, 0.05) is 6.42 Å². The number of aliphatic hydroxyl groups excluding tert-OH is 1. The topological polar surface area (TPSA) is 20.2 Å². The van der Waals surface area contributed by atoms with Crippen LogP contribution in [-0.4, -0.2) is 11.2 Å². The van der Waals surface area contributed by atoms with Crippen LogP contribution in [0.25, 0.3) is 0 Å². The highest BCUT2D eigenvalue weighted by molar-refractivity contribution is 4.87. The standard InChI is InChI=1S/C13H22O/c1-3-5-7-12-10-11(6-4-2)8-9-13(12)14/h1,11-14H,4-10H2,2H3. The number of hydrogen-bond acceptors (Lipinski definition) is 1. The maximum atomic E-state index is 9.81. The molecule has 0 spiro atoms. The summed E-state index contributed by atoms with van der Waals surface area (Å²) in [6.45, 7) is 2.24. The Morgan fingerprint density at radius 2 is 2.14 bits per heavy atom. The van der Waals surface area contributed by atoms with Gasteiger partial charge in [-0.15, -0.1) is 12.3 Å². The molecule has 1 N–H and O–H groups in total. The van der Waals surface area contributed by atoms with Crippen molar-refractivity contribution in [3.8, 4) is 12.3 Å². The molecule has 1 aliphatic carbocycles. The van der Waals surface area contributed by atoms with Gasteiger partial charge in [-0.3, -0.25) is 0 Å². The van der Waals surface area contributed by atoms with Crippen LogP contribution in [0.2, 0.25) is 0 Å². The summed E-state index contributed by atoms with van der Waals surface area (Å²) < 4.78 is 0. The summed E-state index contributed by atoms with van der Waals surface area (Å²) in [5, 5.41) is 9.81. The third-order valence-corrected chi connectivity index (χ3v) is 3.41. The van der Waals surface area contributed by atoms with E-state index in [0.29, 0.717) is 5.92 Å². The minimum Gasteiger partial charge on any atom is -0.393 e. The van der Waals surface area contributed by atoms with E-state index in [1.807, 2.05) is 0 Å². The molecule has 0 heterocycles. The van der Waals surface area contributed by atoms with E-state index < -0.39 is 0 Å². The lowest BCUT2D eigenvalue weighted by Crippen LogP contribution is -2.29. The molecule has 0 aromatic rings. The van der Waals surface area contributed by atoms with Crippen LogP contribution < -0.4 is 0 Å². The van der Waals surface area contributed by atoms with Gasteiger partial charge in [0.25, 0.3) is 0 Å². The van der Waals surface area contributed by atoms with E-state index in [9.17, 15) is 5.11 Å². The van der Waals surface area contributed by atoms with Crippen molar-refractivity contribution in [3.63, 3.8) is 0 Å². The summed E-state index contributed by atoms with van der Waals surface area (Å²) in [6.07, 6.45) is 13.0. The molecule has 0 aromatic carbocycles. The molecule has 0 aliphatic heterocycles. The zero-order valence-corrected chi connectivity index (χ0v) is 9.21. The lowest BCUT2D eigenvalue weighted by atomic mass is 9.76. The summed E-state index contributed by atoms with van der Waals surface area (Å²) >= 11 is 0. The Morgan fingerprint density at radius 1 is 1.36 bits per heavy atom. The second-order valence-electron chi connectivity index (χ2n) is 4.54. The molecule has 14 heavy (non-hydrogen) atoms. The summed E-state index contributed by atoms with van der Waals surface area (Å²) in [5.74, 6) is 3.98. The quantitative estimate of drug-likeness (QED) is 0.682. The molecule has 1 aliphatic rings. The van der Waals surface area contributed by atoms with Crippen molar-refractivity contribution < 1.29 is 5.11 Å². The molecule has 0 amide bonds. The number of terminal acetylenes is 1. The predicted molar refractivity (Wildman–Crippen MR) is 59.8 cm³/mol. The molecule has 3 unspecified atom stereocenters. The highest BCUT2D eigenvalue weighted by atomic mass is 16.3. The van der Waals surface area contributed by atoms with Crippen molar-refractivity contribution in [2.45, 2.75) is 58.0 Å². The minimum absolute atomic E-state index is 0.0866. The zero-order valence-electron chi connectivity index (χ0n) is 9.21. The SMILES string of the molecule is C#CCCC1CC(CCC)CCC1O. The normalized spacial score (nSPS) is 32.5. The molecule has 1 nitrogen and oxygen atoms in total. The van der Waals surface area contributed by atoms with Crippen LogP contribution >= 0.6 is 0 Å². The fourth-order valence-corrected chi connectivity index (χ4v) is 2.59. The molecule has 0 radical (unpaired) electrons. The van der Waals surface area contributed by atoms with Crippen LogP contribution in [0.5, 0.6) is 0 Å². The second-order valence-corrected chi connectivity index (χ2v) is 4.54. The Labute approximate surface area is 87.9 Å². The highest BCUT2D eigenvalue weighted by Crippen LogP contribution is 2.34. The average molecular weight is 194 g/mol. The molecule has 1 heteroatoms. The summed E-state index contributed by atoms with van der Waals surface area (Å²) in [6, 6.07) is 0. The Bertz CT molecular complexity index is 192. The van der Waals surface area contributed by atoms with Gasteiger partial charge >= 0.3 is 0 Å². The first-order valence-corrected chi connectivity index (χ1v) is 5.89. The van der Waals surface area contributed by atoms with E-state index in [2.05, 4.69) is 12.8 Å². The van der Waals surface area contributed by atoms with E-state index in [4.69, 9.17) is 6.42 Å². The zero-order chi connectivity index (χ0) is 10.4. The van der Waals surface area contributed by atoms with Gasteiger partial charge in [-0.2, -0.15) is 0 Å². The summed E-state index contributed by atoms with van der Waals surface area (Å²) in [4.78, 5) is 0. The largest absolute Gasteiger partial charge is 0.393 e. The molecule has 0 saturated heterocycles. The average Bonchev–Trinajstić information content (AvgIpc) is 2.19. The van der Waals surface area contributed by atoms with E-state index in [1.54, 1.807) is 0 Å². The van der Waals surface area contributed by atoms with Gasteiger partial charge in [0.2, 0.25) is 0 Å². The third-order valence-electron chi connectivity index (χ3n) is 3.41. The molecule has 0 bridgehead atoms. The Hall–Kier alpha value is -0.480. The van der Waals surface area contributed by atoms with Crippen molar-refractivity contribution in [2.75, 3.05) is 0 Å². The first-order chi connectivity index (χ1) is 6.77. The van der Waals surface area contributed by atoms with Crippen LogP contribution in [0.4, 0.5) is 0 Å². The van der Waals surface area contributed by atoms with Crippen molar-refractivity contribution in [2.24, 2.45) is 11.8 Å². The van der Waals surface area contributed by atoms with Gasteiger partial charge in [0.1, 0.15) is 0 Å². The maximum absolute atomic E-state index is 9.81. The molecule has 1 fully saturated rings. The van der Waals surface area contributed by atoms with Crippen molar-refractivity contribution in [3.05, 3.63) is 0 Å². The van der Waals surface area contributed by atoms with E-state index >= 15 is 0 Å².